The molecular weight excluding hydrogens is 440 g/mol. The highest BCUT2D eigenvalue weighted by atomic mass is 35.5. The van der Waals surface area contributed by atoms with Crippen molar-refractivity contribution in [3.63, 3.8) is 0 Å². The van der Waals surface area contributed by atoms with E-state index in [9.17, 15) is 9.59 Å². The molecule has 0 saturated carbocycles. The van der Waals surface area contributed by atoms with Crippen molar-refractivity contribution < 1.29 is 9.21 Å². The van der Waals surface area contributed by atoms with E-state index < -0.39 is 6.04 Å². The molecule has 1 aliphatic rings. The van der Waals surface area contributed by atoms with Crippen molar-refractivity contribution in [2.75, 3.05) is 4.90 Å². The maximum atomic E-state index is 13.5. The molecule has 0 fully saturated rings. The van der Waals surface area contributed by atoms with Crippen LogP contribution in [0.25, 0.3) is 21.2 Å². The molecule has 0 aliphatic carbocycles. The van der Waals surface area contributed by atoms with Crippen LogP contribution in [0.2, 0.25) is 5.02 Å². The molecule has 8 heteroatoms. The molecule has 0 saturated heterocycles. The van der Waals surface area contributed by atoms with Crippen LogP contribution in [0.15, 0.2) is 69.2 Å². The maximum Gasteiger partial charge on any atom is 0.297 e. The van der Waals surface area contributed by atoms with Gasteiger partial charge in [0.1, 0.15) is 11.6 Å². The number of benzene rings is 2. The summed E-state index contributed by atoms with van der Waals surface area (Å²) >= 11 is 8.98. The molecule has 1 amide bonds. The van der Waals surface area contributed by atoms with Crippen LogP contribution in [0.4, 0.5) is 5.13 Å². The van der Waals surface area contributed by atoms with Crippen LogP contribution >= 0.6 is 34.3 Å². The number of thiazole rings is 1. The SMILES string of the molecule is O=C1c2oc3ccccc3c(=O)c2[C@H](c2cccs2)N1c1nc2ccc(Cl)cc2s1. The van der Waals surface area contributed by atoms with Gasteiger partial charge in [-0.3, -0.25) is 14.5 Å². The van der Waals surface area contributed by atoms with E-state index in [0.717, 1.165) is 15.1 Å². The molecule has 1 atom stereocenters. The molecule has 5 nitrogen and oxygen atoms in total. The number of carbonyl (C=O) groups is 1. The molecule has 0 bridgehead atoms. The summed E-state index contributed by atoms with van der Waals surface area (Å²) < 4.78 is 6.81. The zero-order chi connectivity index (χ0) is 20.4. The minimum absolute atomic E-state index is 0.0781. The Labute approximate surface area is 182 Å². The van der Waals surface area contributed by atoms with Gasteiger partial charge in [0.25, 0.3) is 5.91 Å². The lowest BCUT2D eigenvalue weighted by molar-refractivity contribution is 0.0971. The van der Waals surface area contributed by atoms with Gasteiger partial charge in [-0.2, -0.15) is 0 Å². The van der Waals surface area contributed by atoms with Gasteiger partial charge in [-0.25, -0.2) is 4.98 Å². The second-order valence-electron chi connectivity index (χ2n) is 6.87. The van der Waals surface area contributed by atoms with E-state index in [4.69, 9.17) is 16.0 Å². The van der Waals surface area contributed by atoms with E-state index in [1.165, 1.54) is 22.7 Å². The quantitative estimate of drug-likeness (QED) is 0.337. The Morgan fingerprint density at radius 1 is 1.07 bits per heavy atom. The molecule has 6 rings (SSSR count). The molecule has 0 unspecified atom stereocenters. The Morgan fingerprint density at radius 3 is 2.77 bits per heavy atom. The lowest BCUT2D eigenvalue weighted by atomic mass is 10.0. The predicted molar refractivity (Wildman–Crippen MR) is 120 cm³/mol. The third kappa shape index (κ3) is 2.49. The fraction of sp³-hybridized carbons (Fsp3) is 0.0455. The Kier molecular flexibility index (Phi) is 3.86. The van der Waals surface area contributed by atoms with Crippen molar-refractivity contribution in [3.05, 3.63) is 91.4 Å². The number of halogens is 1. The number of carbonyl (C=O) groups excluding carboxylic acids is 1. The van der Waals surface area contributed by atoms with Crippen LogP contribution in [0.5, 0.6) is 0 Å². The summed E-state index contributed by atoms with van der Waals surface area (Å²) in [5.41, 5.74) is 1.32. The monoisotopic (exact) mass is 450 g/mol. The summed E-state index contributed by atoms with van der Waals surface area (Å²) in [5.74, 6) is -0.286. The van der Waals surface area contributed by atoms with Crippen molar-refractivity contribution in [2.45, 2.75) is 6.04 Å². The molecule has 3 aromatic heterocycles. The lowest BCUT2D eigenvalue weighted by Gasteiger charge is -2.20. The number of fused-ring (bicyclic) bond motifs is 3. The predicted octanol–water partition coefficient (Wildman–Crippen LogP) is 5.87. The van der Waals surface area contributed by atoms with Gasteiger partial charge in [0.05, 0.1) is 21.2 Å². The van der Waals surface area contributed by atoms with Crippen LogP contribution < -0.4 is 10.3 Å². The van der Waals surface area contributed by atoms with E-state index in [-0.39, 0.29) is 17.1 Å². The molecule has 0 radical (unpaired) electrons. The number of nitrogens with zero attached hydrogens (tertiary/aromatic N) is 2. The van der Waals surface area contributed by atoms with Crippen LogP contribution in [0.3, 0.4) is 0 Å². The maximum absolute atomic E-state index is 13.5. The minimum Gasteiger partial charge on any atom is -0.450 e. The van der Waals surface area contributed by atoms with Gasteiger partial charge in [0, 0.05) is 9.90 Å². The topological polar surface area (TPSA) is 63.4 Å². The normalized spacial score (nSPS) is 16.0. The average Bonchev–Trinajstić information content (AvgIpc) is 3.46. The molecule has 0 N–H and O–H groups in total. The third-order valence-corrected chi connectivity index (χ3v) is 7.31. The number of hydrogen-bond acceptors (Lipinski definition) is 6. The second-order valence-corrected chi connectivity index (χ2v) is 9.30. The fourth-order valence-corrected chi connectivity index (χ4v) is 5.91. The molecule has 30 heavy (non-hydrogen) atoms. The van der Waals surface area contributed by atoms with Crippen LogP contribution in [0.1, 0.15) is 27.0 Å². The molecule has 0 spiro atoms. The summed E-state index contributed by atoms with van der Waals surface area (Å²) in [4.78, 5) is 34.0. The number of aromatic nitrogens is 1. The van der Waals surface area contributed by atoms with Crippen molar-refractivity contribution in [1.29, 1.82) is 0 Å². The van der Waals surface area contributed by atoms with Gasteiger partial charge in [-0.15, -0.1) is 11.3 Å². The van der Waals surface area contributed by atoms with Gasteiger partial charge < -0.3 is 4.42 Å². The molecule has 4 heterocycles. The zero-order valence-electron chi connectivity index (χ0n) is 15.2. The first-order valence-corrected chi connectivity index (χ1v) is 11.2. The molecule has 5 aromatic rings. The number of hydrogen-bond donors (Lipinski definition) is 0. The van der Waals surface area contributed by atoms with E-state index >= 15 is 0 Å². The summed E-state index contributed by atoms with van der Waals surface area (Å²) in [7, 11) is 0. The van der Waals surface area contributed by atoms with Gasteiger partial charge in [-0.1, -0.05) is 41.1 Å². The Bertz CT molecular complexity index is 1520. The van der Waals surface area contributed by atoms with E-state index in [0.29, 0.717) is 26.7 Å². The van der Waals surface area contributed by atoms with Gasteiger partial charge >= 0.3 is 0 Å². The minimum atomic E-state index is -0.579. The number of amides is 1. The summed E-state index contributed by atoms with van der Waals surface area (Å²) in [6.07, 6.45) is 0. The van der Waals surface area contributed by atoms with E-state index in [2.05, 4.69) is 4.98 Å². The van der Waals surface area contributed by atoms with Crippen molar-refractivity contribution >= 4 is 66.5 Å². The first-order valence-electron chi connectivity index (χ1n) is 9.10. The van der Waals surface area contributed by atoms with Gasteiger partial charge in [0.15, 0.2) is 10.6 Å². The highest BCUT2D eigenvalue weighted by Crippen LogP contribution is 2.44. The highest BCUT2D eigenvalue weighted by Gasteiger charge is 2.45. The molecule has 1 aliphatic heterocycles. The molecular formula is C22H11ClN2O3S2. The third-order valence-electron chi connectivity index (χ3n) is 5.14. The molecule has 146 valence electrons. The number of para-hydroxylation sites is 1. The van der Waals surface area contributed by atoms with Crippen molar-refractivity contribution in [2.24, 2.45) is 0 Å². The smallest absolute Gasteiger partial charge is 0.297 e. The second kappa shape index (κ2) is 6.50. The van der Waals surface area contributed by atoms with E-state index in [1.54, 1.807) is 35.2 Å². The number of rotatable bonds is 2. The highest BCUT2D eigenvalue weighted by molar-refractivity contribution is 7.22. The number of anilines is 1. The summed E-state index contributed by atoms with van der Waals surface area (Å²) in [5, 5.41) is 3.50. The first kappa shape index (κ1) is 17.8. The van der Waals surface area contributed by atoms with Crippen LogP contribution in [-0.4, -0.2) is 10.9 Å². The van der Waals surface area contributed by atoms with Crippen molar-refractivity contribution in [1.82, 2.24) is 4.98 Å². The Balaban J connectivity index is 1.64. The van der Waals surface area contributed by atoms with Crippen LogP contribution in [-0.2, 0) is 0 Å². The Morgan fingerprint density at radius 2 is 1.93 bits per heavy atom. The fourth-order valence-electron chi connectivity index (χ4n) is 3.82. The van der Waals surface area contributed by atoms with Crippen molar-refractivity contribution in [3.8, 4) is 0 Å². The Hall–Kier alpha value is -3.00. The zero-order valence-corrected chi connectivity index (χ0v) is 17.6. The summed E-state index contributed by atoms with van der Waals surface area (Å²) in [6, 6.07) is 15.7. The lowest BCUT2D eigenvalue weighted by Crippen LogP contribution is -2.28. The van der Waals surface area contributed by atoms with Gasteiger partial charge in [-0.05, 0) is 41.8 Å². The average molecular weight is 451 g/mol. The van der Waals surface area contributed by atoms with Gasteiger partial charge in [0.2, 0.25) is 5.76 Å². The standard InChI is InChI=1S/C22H11ClN2O3S2/c23-11-7-8-13-16(10-11)30-22(24-13)25-18(15-6-3-9-29-15)17-19(26)12-4-1-2-5-14(12)28-20(17)21(25)27/h1-10,18H/t18-/m0/s1. The van der Waals surface area contributed by atoms with E-state index in [1.807, 2.05) is 29.6 Å². The number of thiophene rings is 1. The molecule has 2 aromatic carbocycles. The largest absolute Gasteiger partial charge is 0.450 e. The first-order chi connectivity index (χ1) is 14.6. The summed E-state index contributed by atoms with van der Waals surface area (Å²) in [6.45, 7) is 0. The van der Waals surface area contributed by atoms with Crippen LogP contribution in [0, 0.1) is 0 Å².